The van der Waals surface area contributed by atoms with Crippen molar-refractivity contribution in [3.05, 3.63) is 96.2 Å². The van der Waals surface area contributed by atoms with Gasteiger partial charge in [-0.25, -0.2) is 14.6 Å². The second kappa shape index (κ2) is 12.6. The zero-order valence-corrected chi connectivity index (χ0v) is 19.9. The van der Waals surface area contributed by atoms with Crippen molar-refractivity contribution in [2.45, 2.75) is 13.2 Å². The first-order valence-corrected chi connectivity index (χ1v) is 11.0. The summed E-state index contributed by atoms with van der Waals surface area (Å²) in [6.07, 6.45) is 1.87. The largest absolute Gasteiger partial charge is 0.497 e. The van der Waals surface area contributed by atoms with Crippen LogP contribution < -0.4 is 14.8 Å². The number of methoxy groups -OCH3 is 1. The van der Waals surface area contributed by atoms with Crippen LogP contribution in [0.4, 0.5) is 5.95 Å². The van der Waals surface area contributed by atoms with Crippen LogP contribution in [-0.2, 0) is 29.8 Å². The number of hydrogen-bond donors (Lipinski definition) is 3. The van der Waals surface area contributed by atoms with Crippen molar-refractivity contribution < 1.29 is 29.3 Å². The number of carbonyl (C=O) groups is 2. The van der Waals surface area contributed by atoms with Gasteiger partial charge in [0.15, 0.2) is 0 Å². The Morgan fingerprint density at radius 2 is 1.56 bits per heavy atom. The summed E-state index contributed by atoms with van der Waals surface area (Å²) in [4.78, 5) is 22.7. The summed E-state index contributed by atoms with van der Waals surface area (Å²) in [5.41, 5.74) is 4.37. The van der Waals surface area contributed by atoms with Gasteiger partial charge in [0.05, 0.1) is 19.0 Å². The molecule has 1 heterocycles. The molecule has 0 saturated heterocycles. The van der Waals surface area contributed by atoms with E-state index in [2.05, 4.69) is 40.6 Å². The third-order valence-corrected chi connectivity index (χ3v) is 5.13. The molecule has 0 aliphatic rings. The number of nitrogens with zero attached hydrogens (tertiary/aromatic N) is 2. The summed E-state index contributed by atoms with van der Waals surface area (Å²) in [6.45, 7) is 1.21. The summed E-state index contributed by atoms with van der Waals surface area (Å²) < 4.78 is 13.3. The van der Waals surface area contributed by atoms with Crippen molar-refractivity contribution >= 4 is 17.9 Å². The molecule has 3 N–H and O–H groups in total. The molecule has 9 nitrogen and oxygen atoms in total. The molecule has 1 aromatic heterocycles. The fourth-order valence-corrected chi connectivity index (χ4v) is 3.29. The van der Waals surface area contributed by atoms with Gasteiger partial charge >= 0.3 is 11.9 Å². The smallest absolute Gasteiger partial charge is 0.414 e. The van der Waals surface area contributed by atoms with Crippen LogP contribution >= 0.6 is 0 Å². The Hall–Kier alpha value is -4.79. The first-order chi connectivity index (χ1) is 17.4. The number of aromatic nitrogens is 2. The molecule has 3 aromatic carbocycles. The van der Waals surface area contributed by atoms with Crippen LogP contribution in [0, 0.1) is 0 Å². The number of rotatable bonds is 8. The van der Waals surface area contributed by atoms with Gasteiger partial charge in [-0.1, -0.05) is 54.6 Å². The molecule has 9 heteroatoms. The first kappa shape index (κ1) is 25.8. The number of carboxylic acid groups (broad SMARTS) is 2. The van der Waals surface area contributed by atoms with Gasteiger partial charge in [0.1, 0.15) is 18.1 Å². The Bertz CT molecular complexity index is 1290. The highest BCUT2D eigenvalue weighted by molar-refractivity contribution is 6.27. The lowest BCUT2D eigenvalue weighted by molar-refractivity contribution is -0.159. The molecule has 0 atom stereocenters. The number of imidazole rings is 1. The zero-order chi connectivity index (χ0) is 25.9. The van der Waals surface area contributed by atoms with E-state index < -0.39 is 11.9 Å². The van der Waals surface area contributed by atoms with Crippen LogP contribution in [0.5, 0.6) is 11.5 Å². The molecule has 36 heavy (non-hydrogen) atoms. The van der Waals surface area contributed by atoms with Crippen LogP contribution in [0.2, 0.25) is 0 Å². The SMILES string of the molecule is COc1cccc(-c2cnc(NCc3cccc(OCc4ccccc4)c3)n2C)c1.O=C(O)C(=O)O. The highest BCUT2D eigenvalue weighted by Crippen LogP contribution is 2.26. The molecule has 0 aliphatic heterocycles. The topological polar surface area (TPSA) is 123 Å². The number of ether oxygens (including phenoxy) is 2. The summed E-state index contributed by atoms with van der Waals surface area (Å²) in [6, 6.07) is 26.3. The standard InChI is InChI=1S/C25H25N3O2.C2H2O4/c1-28-24(21-11-7-12-22(15-21)29-2)17-27-25(28)26-16-20-10-6-13-23(14-20)30-18-19-8-4-3-5-9-19;3-1(4)2(5)6/h3-15,17H,16,18H2,1-2H3,(H,26,27);(H,3,4)(H,5,6). The maximum absolute atomic E-state index is 9.10. The Kier molecular flexibility index (Phi) is 9.05. The lowest BCUT2D eigenvalue weighted by Gasteiger charge is -2.11. The van der Waals surface area contributed by atoms with Crippen molar-refractivity contribution in [1.82, 2.24) is 9.55 Å². The number of carboxylic acids is 2. The average Bonchev–Trinajstić information content (AvgIpc) is 3.27. The molecule has 0 amide bonds. The molecule has 0 fully saturated rings. The molecule has 4 rings (SSSR count). The van der Waals surface area contributed by atoms with E-state index in [0.29, 0.717) is 13.2 Å². The molecule has 0 spiro atoms. The number of aliphatic carboxylic acids is 2. The summed E-state index contributed by atoms with van der Waals surface area (Å²) in [5.74, 6) is -1.15. The quantitative estimate of drug-likeness (QED) is 0.311. The number of benzene rings is 3. The van der Waals surface area contributed by atoms with Gasteiger partial charge in [-0.3, -0.25) is 0 Å². The normalized spacial score (nSPS) is 10.1. The third-order valence-electron chi connectivity index (χ3n) is 5.13. The minimum absolute atomic E-state index is 0.557. The van der Waals surface area contributed by atoms with E-state index in [0.717, 1.165) is 39.8 Å². The van der Waals surface area contributed by atoms with Crippen LogP contribution in [0.1, 0.15) is 11.1 Å². The van der Waals surface area contributed by atoms with Crippen molar-refractivity contribution in [1.29, 1.82) is 0 Å². The lowest BCUT2D eigenvalue weighted by Crippen LogP contribution is -2.09. The highest BCUT2D eigenvalue weighted by atomic mass is 16.5. The van der Waals surface area contributed by atoms with Crippen LogP contribution in [0.15, 0.2) is 85.1 Å². The van der Waals surface area contributed by atoms with Gasteiger partial charge in [-0.2, -0.15) is 0 Å². The van der Waals surface area contributed by atoms with Crippen LogP contribution in [0.25, 0.3) is 11.3 Å². The van der Waals surface area contributed by atoms with Crippen LogP contribution in [0.3, 0.4) is 0 Å². The number of nitrogens with one attached hydrogen (secondary N) is 1. The number of hydrogen-bond acceptors (Lipinski definition) is 6. The van der Waals surface area contributed by atoms with Crippen molar-refractivity contribution in [2.24, 2.45) is 7.05 Å². The van der Waals surface area contributed by atoms with Crippen LogP contribution in [-0.4, -0.2) is 38.8 Å². The molecule has 0 aliphatic carbocycles. The fourth-order valence-electron chi connectivity index (χ4n) is 3.29. The molecular formula is C27H27N3O6. The lowest BCUT2D eigenvalue weighted by atomic mass is 10.1. The minimum Gasteiger partial charge on any atom is -0.497 e. The third kappa shape index (κ3) is 7.36. The van der Waals surface area contributed by atoms with Crippen molar-refractivity contribution in [3.8, 4) is 22.8 Å². The first-order valence-electron chi connectivity index (χ1n) is 11.0. The van der Waals surface area contributed by atoms with Gasteiger partial charge in [-0.15, -0.1) is 0 Å². The summed E-state index contributed by atoms with van der Waals surface area (Å²) >= 11 is 0. The summed E-state index contributed by atoms with van der Waals surface area (Å²) in [5, 5.41) is 18.2. The molecule has 0 saturated carbocycles. The Balaban J connectivity index is 0.000000538. The second-order valence-corrected chi connectivity index (χ2v) is 7.64. The second-order valence-electron chi connectivity index (χ2n) is 7.64. The molecule has 0 radical (unpaired) electrons. The van der Waals surface area contributed by atoms with E-state index >= 15 is 0 Å². The molecule has 186 valence electrons. The van der Waals surface area contributed by atoms with Gasteiger partial charge in [-0.05, 0) is 35.4 Å². The Morgan fingerprint density at radius 1 is 0.889 bits per heavy atom. The van der Waals surface area contributed by atoms with E-state index in [-0.39, 0.29) is 0 Å². The Morgan fingerprint density at radius 3 is 2.25 bits per heavy atom. The molecule has 0 unspecified atom stereocenters. The van der Waals surface area contributed by atoms with E-state index in [1.54, 1.807) is 7.11 Å². The van der Waals surface area contributed by atoms with E-state index in [4.69, 9.17) is 29.3 Å². The van der Waals surface area contributed by atoms with Gasteiger partial charge in [0, 0.05) is 19.2 Å². The maximum atomic E-state index is 9.10. The minimum atomic E-state index is -1.82. The predicted molar refractivity (Wildman–Crippen MR) is 135 cm³/mol. The number of anilines is 1. The van der Waals surface area contributed by atoms with E-state index in [1.807, 2.05) is 66.3 Å². The highest BCUT2D eigenvalue weighted by Gasteiger charge is 2.09. The maximum Gasteiger partial charge on any atom is 0.414 e. The van der Waals surface area contributed by atoms with Crippen molar-refractivity contribution in [2.75, 3.05) is 12.4 Å². The molecular weight excluding hydrogens is 462 g/mol. The fraction of sp³-hybridized carbons (Fsp3) is 0.148. The van der Waals surface area contributed by atoms with Gasteiger partial charge < -0.3 is 29.6 Å². The monoisotopic (exact) mass is 489 g/mol. The van der Waals surface area contributed by atoms with Crippen molar-refractivity contribution in [3.63, 3.8) is 0 Å². The molecule has 0 bridgehead atoms. The van der Waals surface area contributed by atoms with E-state index in [1.165, 1.54) is 0 Å². The van der Waals surface area contributed by atoms with E-state index in [9.17, 15) is 0 Å². The predicted octanol–water partition coefficient (Wildman–Crippen LogP) is 4.44. The summed E-state index contributed by atoms with van der Waals surface area (Å²) in [7, 11) is 3.68. The Labute approximate surface area is 208 Å². The molecule has 4 aromatic rings. The zero-order valence-electron chi connectivity index (χ0n) is 19.9. The average molecular weight is 490 g/mol. The van der Waals surface area contributed by atoms with Gasteiger partial charge in [0.2, 0.25) is 5.95 Å². The van der Waals surface area contributed by atoms with Gasteiger partial charge in [0.25, 0.3) is 0 Å².